The van der Waals surface area contributed by atoms with Gasteiger partial charge in [-0.3, -0.25) is 9.59 Å². The Bertz CT molecular complexity index is 662. The molecule has 0 unspecified atom stereocenters. The fourth-order valence-corrected chi connectivity index (χ4v) is 2.56. The Hall–Kier alpha value is -2.63. The van der Waals surface area contributed by atoms with Gasteiger partial charge in [0.1, 0.15) is 0 Å². The minimum Gasteiger partial charge on any atom is -0.466 e. The highest BCUT2D eigenvalue weighted by atomic mass is 16.5. The molecule has 2 amide bonds. The van der Waals surface area contributed by atoms with Crippen LogP contribution >= 0.6 is 0 Å². The van der Waals surface area contributed by atoms with E-state index in [1.807, 2.05) is 19.1 Å². The molecule has 6 nitrogen and oxygen atoms in total. The number of carbonyl (C=O) groups is 3. The predicted octanol–water partition coefficient (Wildman–Crippen LogP) is 1.77. The summed E-state index contributed by atoms with van der Waals surface area (Å²) in [6.07, 6.45) is 0.825. The number of ether oxygens (including phenoxy) is 1. The van der Waals surface area contributed by atoms with E-state index in [2.05, 4.69) is 10.6 Å². The first-order valence-electron chi connectivity index (χ1n) is 7.45. The number of methoxy groups -OCH3 is 1. The van der Waals surface area contributed by atoms with Gasteiger partial charge >= 0.3 is 5.97 Å². The first kappa shape index (κ1) is 16.7. The zero-order valence-electron chi connectivity index (χ0n) is 13.4. The Labute approximate surface area is 134 Å². The van der Waals surface area contributed by atoms with Gasteiger partial charge in [0, 0.05) is 17.8 Å². The lowest BCUT2D eigenvalue weighted by atomic mass is 9.89. The number of carbonyl (C=O) groups excluding carboxylic acids is 3. The number of hydrogen-bond acceptors (Lipinski definition) is 4. The Balaban J connectivity index is 2.22. The summed E-state index contributed by atoms with van der Waals surface area (Å²) in [5.74, 6) is -2.16. The van der Waals surface area contributed by atoms with E-state index in [0.717, 1.165) is 12.0 Å². The molecule has 0 saturated heterocycles. The molecule has 23 heavy (non-hydrogen) atoms. The summed E-state index contributed by atoms with van der Waals surface area (Å²) in [6, 6.07) is 7.44. The second kappa shape index (κ2) is 7.09. The van der Waals surface area contributed by atoms with Gasteiger partial charge in [-0.1, -0.05) is 19.1 Å². The standard InChI is InChI=1S/C17H20N2O4/c1-4-11-5-7-12(8-6-11)19-16(21)13-9-14(20)18-10(2)15(13)17(22)23-3/h5-8,13H,4,9H2,1-3H3,(H,18,20)(H,19,21)/t13-/m0/s1. The van der Waals surface area contributed by atoms with Crippen LogP contribution in [0.2, 0.25) is 0 Å². The summed E-state index contributed by atoms with van der Waals surface area (Å²) in [5.41, 5.74) is 2.33. The summed E-state index contributed by atoms with van der Waals surface area (Å²) in [6.45, 7) is 3.63. The fourth-order valence-electron chi connectivity index (χ4n) is 2.56. The van der Waals surface area contributed by atoms with Gasteiger partial charge in [0.15, 0.2) is 0 Å². The molecule has 1 aromatic carbocycles. The van der Waals surface area contributed by atoms with Crippen molar-refractivity contribution in [2.75, 3.05) is 12.4 Å². The third-order valence-corrected chi connectivity index (χ3v) is 3.82. The summed E-state index contributed by atoms with van der Waals surface area (Å²) >= 11 is 0. The van der Waals surface area contributed by atoms with Gasteiger partial charge in [-0.25, -0.2) is 4.79 Å². The van der Waals surface area contributed by atoms with Crippen molar-refractivity contribution >= 4 is 23.5 Å². The van der Waals surface area contributed by atoms with E-state index >= 15 is 0 Å². The average molecular weight is 316 g/mol. The molecule has 1 aliphatic rings. The van der Waals surface area contributed by atoms with Crippen molar-refractivity contribution in [1.29, 1.82) is 0 Å². The van der Waals surface area contributed by atoms with Crippen molar-refractivity contribution in [2.45, 2.75) is 26.7 Å². The van der Waals surface area contributed by atoms with E-state index in [0.29, 0.717) is 11.4 Å². The molecule has 122 valence electrons. The summed E-state index contributed by atoms with van der Waals surface area (Å²) in [5, 5.41) is 5.32. The lowest BCUT2D eigenvalue weighted by Gasteiger charge is -2.25. The Morgan fingerprint density at radius 2 is 1.96 bits per heavy atom. The molecule has 0 spiro atoms. The van der Waals surface area contributed by atoms with Gasteiger partial charge in [0.2, 0.25) is 11.8 Å². The molecule has 0 aliphatic carbocycles. The molecule has 0 bridgehead atoms. The maximum atomic E-state index is 12.5. The van der Waals surface area contributed by atoms with Gasteiger partial charge < -0.3 is 15.4 Å². The molecule has 1 aromatic rings. The first-order chi connectivity index (χ1) is 11.0. The van der Waals surface area contributed by atoms with Crippen LogP contribution in [-0.4, -0.2) is 24.9 Å². The van der Waals surface area contributed by atoms with Crippen LogP contribution in [0.1, 0.15) is 25.8 Å². The smallest absolute Gasteiger partial charge is 0.336 e. The number of benzene rings is 1. The van der Waals surface area contributed by atoms with Crippen LogP contribution in [-0.2, 0) is 25.5 Å². The number of anilines is 1. The van der Waals surface area contributed by atoms with E-state index in [9.17, 15) is 14.4 Å². The monoisotopic (exact) mass is 316 g/mol. The summed E-state index contributed by atoms with van der Waals surface area (Å²) in [4.78, 5) is 36.1. The highest BCUT2D eigenvalue weighted by Crippen LogP contribution is 2.25. The van der Waals surface area contributed by atoms with E-state index < -0.39 is 17.8 Å². The topological polar surface area (TPSA) is 84.5 Å². The zero-order valence-corrected chi connectivity index (χ0v) is 13.4. The van der Waals surface area contributed by atoms with Gasteiger partial charge in [-0.05, 0) is 31.0 Å². The Kier molecular flexibility index (Phi) is 5.16. The SMILES string of the molecule is CCc1ccc(NC(=O)[C@H]2CC(=O)NC(C)=C2C(=O)OC)cc1. The van der Waals surface area contributed by atoms with Crippen LogP contribution in [0.5, 0.6) is 0 Å². The lowest BCUT2D eigenvalue weighted by Crippen LogP contribution is -2.40. The van der Waals surface area contributed by atoms with Crippen LogP contribution in [0, 0.1) is 5.92 Å². The van der Waals surface area contributed by atoms with Gasteiger partial charge in [-0.15, -0.1) is 0 Å². The molecular weight excluding hydrogens is 296 g/mol. The van der Waals surface area contributed by atoms with Crippen LogP contribution in [0.3, 0.4) is 0 Å². The molecule has 2 rings (SSSR count). The van der Waals surface area contributed by atoms with E-state index in [1.165, 1.54) is 7.11 Å². The number of rotatable bonds is 4. The van der Waals surface area contributed by atoms with E-state index in [-0.39, 0.29) is 17.9 Å². The van der Waals surface area contributed by atoms with Crippen LogP contribution in [0.4, 0.5) is 5.69 Å². The lowest BCUT2D eigenvalue weighted by molar-refractivity contribution is -0.139. The molecule has 0 saturated carbocycles. The molecule has 1 atom stereocenters. The second-order valence-electron chi connectivity index (χ2n) is 5.37. The summed E-state index contributed by atoms with van der Waals surface area (Å²) in [7, 11) is 1.25. The number of esters is 1. The van der Waals surface area contributed by atoms with Gasteiger partial charge in [0.25, 0.3) is 0 Å². The molecule has 6 heteroatoms. The molecule has 2 N–H and O–H groups in total. The van der Waals surface area contributed by atoms with Crippen molar-refractivity contribution in [2.24, 2.45) is 5.92 Å². The number of amides is 2. The van der Waals surface area contributed by atoms with Crippen molar-refractivity contribution in [3.05, 3.63) is 41.1 Å². The first-order valence-corrected chi connectivity index (χ1v) is 7.45. The van der Waals surface area contributed by atoms with Crippen molar-refractivity contribution < 1.29 is 19.1 Å². The van der Waals surface area contributed by atoms with E-state index in [4.69, 9.17) is 4.74 Å². The largest absolute Gasteiger partial charge is 0.466 e. The Morgan fingerprint density at radius 3 is 2.52 bits per heavy atom. The molecule has 1 heterocycles. The average Bonchev–Trinajstić information content (AvgIpc) is 2.54. The van der Waals surface area contributed by atoms with Crippen molar-refractivity contribution in [3.8, 4) is 0 Å². The third-order valence-electron chi connectivity index (χ3n) is 3.82. The van der Waals surface area contributed by atoms with Gasteiger partial charge in [-0.2, -0.15) is 0 Å². The maximum absolute atomic E-state index is 12.5. The van der Waals surface area contributed by atoms with Gasteiger partial charge in [0.05, 0.1) is 18.6 Å². The highest BCUT2D eigenvalue weighted by Gasteiger charge is 2.36. The third kappa shape index (κ3) is 3.77. The van der Waals surface area contributed by atoms with Crippen molar-refractivity contribution in [3.63, 3.8) is 0 Å². The number of allylic oxidation sites excluding steroid dienone is 1. The fraction of sp³-hybridized carbons (Fsp3) is 0.353. The predicted molar refractivity (Wildman–Crippen MR) is 85.4 cm³/mol. The normalized spacial score (nSPS) is 17.5. The molecule has 0 fully saturated rings. The van der Waals surface area contributed by atoms with Crippen LogP contribution in [0.15, 0.2) is 35.5 Å². The maximum Gasteiger partial charge on any atom is 0.336 e. The number of aryl methyl sites for hydroxylation is 1. The highest BCUT2D eigenvalue weighted by molar-refractivity contribution is 6.06. The van der Waals surface area contributed by atoms with E-state index in [1.54, 1.807) is 19.1 Å². The zero-order chi connectivity index (χ0) is 17.0. The van der Waals surface area contributed by atoms with Crippen LogP contribution < -0.4 is 10.6 Å². The number of hydrogen-bond donors (Lipinski definition) is 2. The molecule has 0 radical (unpaired) electrons. The molecule has 0 aromatic heterocycles. The minimum atomic E-state index is -0.859. The molecule has 1 aliphatic heterocycles. The molecular formula is C17H20N2O4. The number of nitrogens with one attached hydrogen (secondary N) is 2. The second-order valence-corrected chi connectivity index (χ2v) is 5.37. The summed E-state index contributed by atoms with van der Waals surface area (Å²) < 4.78 is 4.73. The Morgan fingerprint density at radius 1 is 1.30 bits per heavy atom. The van der Waals surface area contributed by atoms with Crippen molar-refractivity contribution in [1.82, 2.24) is 5.32 Å². The quantitative estimate of drug-likeness (QED) is 0.829. The van der Waals surface area contributed by atoms with Crippen LogP contribution in [0.25, 0.3) is 0 Å². The minimum absolute atomic E-state index is 0.0827.